The van der Waals surface area contributed by atoms with Gasteiger partial charge in [-0.3, -0.25) is 4.99 Å². The molecular weight excluding hydrogens is 262 g/mol. The second-order valence-electron chi connectivity index (χ2n) is 5.07. The number of para-hydroxylation sites is 1. The van der Waals surface area contributed by atoms with Gasteiger partial charge in [0.1, 0.15) is 5.75 Å². The SMILES string of the molecule is COc1ccccc1C1CN=C(N)N1Cc1ccccc1. The van der Waals surface area contributed by atoms with Crippen molar-refractivity contribution < 1.29 is 4.74 Å². The molecule has 2 N–H and O–H groups in total. The molecule has 0 saturated carbocycles. The summed E-state index contributed by atoms with van der Waals surface area (Å²) in [6, 6.07) is 18.5. The number of hydrogen-bond acceptors (Lipinski definition) is 4. The molecule has 1 heterocycles. The average Bonchev–Trinajstić information content (AvgIpc) is 2.89. The predicted octanol–water partition coefficient (Wildman–Crippen LogP) is 2.57. The highest BCUT2D eigenvalue weighted by Gasteiger charge is 2.29. The van der Waals surface area contributed by atoms with Crippen molar-refractivity contribution in [1.29, 1.82) is 0 Å². The number of benzene rings is 2. The first-order valence-corrected chi connectivity index (χ1v) is 7.03. The summed E-state index contributed by atoms with van der Waals surface area (Å²) in [5.41, 5.74) is 8.43. The van der Waals surface area contributed by atoms with Gasteiger partial charge in [-0.15, -0.1) is 0 Å². The summed E-state index contributed by atoms with van der Waals surface area (Å²) in [5.74, 6) is 1.47. The average molecular weight is 281 g/mol. The van der Waals surface area contributed by atoms with Gasteiger partial charge in [-0.1, -0.05) is 48.5 Å². The number of ether oxygens (including phenoxy) is 1. The monoisotopic (exact) mass is 281 g/mol. The van der Waals surface area contributed by atoms with Crippen LogP contribution in [0, 0.1) is 0 Å². The van der Waals surface area contributed by atoms with E-state index in [0.717, 1.165) is 17.9 Å². The summed E-state index contributed by atoms with van der Waals surface area (Å²) in [6.45, 7) is 1.41. The van der Waals surface area contributed by atoms with Gasteiger partial charge in [-0.25, -0.2) is 0 Å². The zero-order valence-electron chi connectivity index (χ0n) is 12.1. The maximum atomic E-state index is 6.08. The van der Waals surface area contributed by atoms with Crippen molar-refractivity contribution in [2.45, 2.75) is 12.6 Å². The molecular formula is C17H19N3O. The Balaban J connectivity index is 1.88. The van der Waals surface area contributed by atoms with E-state index in [1.165, 1.54) is 5.56 Å². The molecule has 1 aliphatic rings. The summed E-state index contributed by atoms with van der Waals surface area (Å²) in [7, 11) is 1.69. The predicted molar refractivity (Wildman–Crippen MR) is 84.2 cm³/mol. The van der Waals surface area contributed by atoms with E-state index in [4.69, 9.17) is 10.5 Å². The Morgan fingerprint density at radius 1 is 1.14 bits per heavy atom. The van der Waals surface area contributed by atoms with Crippen molar-refractivity contribution in [2.75, 3.05) is 13.7 Å². The number of aliphatic imine (C=N–C) groups is 1. The summed E-state index contributed by atoms with van der Waals surface area (Å²) in [6.07, 6.45) is 0. The highest BCUT2D eigenvalue weighted by molar-refractivity contribution is 5.80. The smallest absolute Gasteiger partial charge is 0.192 e. The Kier molecular flexibility index (Phi) is 3.77. The van der Waals surface area contributed by atoms with Crippen molar-refractivity contribution in [1.82, 2.24) is 4.90 Å². The maximum absolute atomic E-state index is 6.08. The molecule has 0 aromatic heterocycles. The minimum atomic E-state index is 0.126. The maximum Gasteiger partial charge on any atom is 0.192 e. The van der Waals surface area contributed by atoms with Gasteiger partial charge in [0.2, 0.25) is 0 Å². The van der Waals surface area contributed by atoms with Crippen LogP contribution in [0.3, 0.4) is 0 Å². The minimum absolute atomic E-state index is 0.126. The van der Waals surface area contributed by atoms with Crippen LogP contribution in [0.5, 0.6) is 5.75 Å². The zero-order chi connectivity index (χ0) is 14.7. The highest BCUT2D eigenvalue weighted by Crippen LogP contribution is 2.33. The Hall–Kier alpha value is -2.49. The van der Waals surface area contributed by atoms with Gasteiger partial charge >= 0.3 is 0 Å². The van der Waals surface area contributed by atoms with Crippen LogP contribution in [0.2, 0.25) is 0 Å². The topological polar surface area (TPSA) is 50.9 Å². The van der Waals surface area contributed by atoms with E-state index >= 15 is 0 Å². The van der Waals surface area contributed by atoms with Crippen LogP contribution in [-0.2, 0) is 6.54 Å². The second-order valence-corrected chi connectivity index (χ2v) is 5.07. The molecule has 1 aliphatic heterocycles. The van der Waals surface area contributed by atoms with Crippen molar-refractivity contribution in [3.63, 3.8) is 0 Å². The molecule has 0 saturated heterocycles. The van der Waals surface area contributed by atoms with Crippen LogP contribution in [0.4, 0.5) is 0 Å². The molecule has 4 heteroatoms. The van der Waals surface area contributed by atoms with Gasteiger partial charge in [-0.2, -0.15) is 0 Å². The molecule has 0 aliphatic carbocycles. The fourth-order valence-electron chi connectivity index (χ4n) is 2.71. The van der Waals surface area contributed by atoms with Crippen molar-refractivity contribution in [3.05, 3.63) is 65.7 Å². The zero-order valence-corrected chi connectivity index (χ0v) is 12.1. The molecule has 0 radical (unpaired) electrons. The Morgan fingerprint density at radius 3 is 2.62 bits per heavy atom. The number of rotatable bonds is 4. The van der Waals surface area contributed by atoms with E-state index in [2.05, 4.69) is 28.1 Å². The number of nitrogens with zero attached hydrogens (tertiary/aromatic N) is 2. The highest BCUT2D eigenvalue weighted by atomic mass is 16.5. The third-order valence-corrected chi connectivity index (χ3v) is 3.79. The molecule has 1 unspecified atom stereocenters. The molecule has 108 valence electrons. The van der Waals surface area contributed by atoms with Gasteiger partial charge in [0, 0.05) is 12.1 Å². The van der Waals surface area contributed by atoms with Crippen LogP contribution in [0.15, 0.2) is 59.6 Å². The summed E-state index contributed by atoms with van der Waals surface area (Å²) < 4.78 is 5.47. The summed E-state index contributed by atoms with van der Waals surface area (Å²) in [5, 5.41) is 0. The lowest BCUT2D eigenvalue weighted by Crippen LogP contribution is -2.35. The van der Waals surface area contributed by atoms with Gasteiger partial charge in [0.15, 0.2) is 5.96 Å². The van der Waals surface area contributed by atoms with E-state index in [0.29, 0.717) is 12.5 Å². The van der Waals surface area contributed by atoms with Crippen molar-refractivity contribution >= 4 is 5.96 Å². The van der Waals surface area contributed by atoms with E-state index in [9.17, 15) is 0 Å². The van der Waals surface area contributed by atoms with Crippen LogP contribution in [0.25, 0.3) is 0 Å². The third kappa shape index (κ3) is 2.70. The molecule has 2 aromatic rings. The van der Waals surface area contributed by atoms with E-state index in [-0.39, 0.29) is 6.04 Å². The molecule has 0 fully saturated rings. The lowest BCUT2D eigenvalue weighted by molar-refractivity contribution is 0.325. The van der Waals surface area contributed by atoms with E-state index in [1.807, 2.05) is 36.4 Å². The van der Waals surface area contributed by atoms with Crippen LogP contribution >= 0.6 is 0 Å². The molecule has 1 atom stereocenters. The summed E-state index contributed by atoms with van der Waals surface area (Å²) in [4.78, 5) is 6.54. The molecule has 21 heavy (non-hydrogen) atoms. The van der Waals surface area contributed by atoms with Gasteiger partial charge in [-0.05, 0) is 11.6 Å². The number of hydrogen-bond donors (Lipinski definition) is 1. The second kappa shape index (κ2) is 5.87. The van der Waals surface area contributed by atoms with Gasteiger partial charge in [0.05, 0.1) is 19.7 Å². The van der Waals surface area contributed by atoms with Gasteiger partial charge in [0.25, 0.3) is 0 Å². The first-order valence-electron chi connectivity index (χ1n) is 7.03. The normalized spacial score (nSPS) is 17.7. The third-order valence-electron chi connectivity index (χ3n) is 3.79. The minimum Gasteiger partial charge on any atom is -0.496 e. The van der Waals surface area contributed by atoms with E-state index in [1.54, 1.807) is 7.11 Å². The van der Waals surface area contributed by atoms with Crippen molar-refractivity contribution in [2.24, 2.45) is 10.7 Å². The molecule has 0 spiro atoms. The lowest BCUT2D eigenvalue weighted by atomic mass is 10.0. The first kappa shape index (κ1) is 13.5. The molecule has 2 aromatic carbocycles. The molecule has 0 amide bonds. The fourth-order valence-corrected chi connectivity index (χ4v) is 2.71. The molecule has 4 nitrogen and oxygen atoms in total. The Bertz CT molecular complexity index is 639. The Labute approximate surface area is 124 Å². The number of guanidine groups is 1. The number of methoxy groups -OCH3 is 1. The van der Waals surface area contributed by atoms with Gasteiger partial charge < -0.3 is 15.4 Å². The standard InChI is InChI=1S/C17H19N3O/c1-21-16-10-6-5-9-14(16)15-11-19-17(18)20(15)12-13-7-3-2-4-8-13/h2-10,15H,11-12H2,1H3,(H2,18,19). The van der Waals surface area contributed by atoms with Crippen LogP contribution in [-0.4, -0.2) is 24.5 Å². The molecule has 3 rings (SSSR count). The fraction of sp³-hybridized carbons (Fsp3) is 0.235. The lowest BCUT2D eigenvalue weighted by Gasteiger charge is -2.27. The quantitative estimate of drug-likeness (QED) is 0.937. The van der Waals surface area contributed by atoms with E-state index < -0.39 is 0 Å². The Morgan fingerprint density at radius 2 is 1.86 bits per heavy atom. The largest absolute Gasteiger partial charge is 0.496 e. The van der Waals surface area contributed by atoms with Crippen LogP contribution < -0.4 is 10.5 Å². The summed E-state index contributed by atoms with van der Waals surface area (Å²) >= 11 is 0. The first-order chi connectivity index (χ1) is 10.3. The molecule has 0 bridgehead atoms. The number of nitrogens with two attached hydrogens (primary N) is 1. The van der Waals surface area contributed by atoms with Crippen LogP contribution in [0.1, 0.15) is 17.2 Å². The van der Waals surface area contributed by atoms with Crippen molar-refractivity contribution in [3.8, 4) is 5.75 Å².